The standard InChI is InChI=1S/C9H13BrN2/c1-6(2)12-9-5-7(10)3-4-8(9)11/h3-6,12H,11H2,1-2H3. The van der Waals surface area contributed by atoms with Crippen LogP contribution in [0.1, 0.15) is 13.8 Å². The monoisotopic (exact) mass is 228 g/mol. The van der Waals surface area contributed by atoms with Gasteiger partial charge in [-0.2, -0.15) is 0 Å². The highest BCUT2D eigenvalue weighted by Crippen LogP contribution is 2.23. The van der Waals surface area contributed by atoms with E-state index in [-0.39, 0.29) is 0 Å². The van der Waals surface area contributed by atoms with Crippen molar-refractivity contribution in [1.29, 1.82) is 0 Å². The summed E-state index contributed by atoms with van der Waals surface area (Å²) >= 11 is 3.39. The summed E-state index contributed by atoms with van der Waals surface area (Å²) in [6.45, 7) is 4.17. The SMILES string of the molecule is CC(C)Nc1cc(Br)ccc1N. The molecule has 0 aliphatic rings. The molecule has 0 atom stereocenters. The summed E-state index contributed by atoms with van der Waals surface area (Å²) in [5.41, 5.74) is 7.52. The van der Waals surface area contributed by atoms with Gasteiger partial charge in [0.25, 0.3) is 0 Å². The third-order valence-corrected chi connectivity index (χ3v) is 1.95. The highest BCUT2D eigenvalue weighted by atomic mass is 79.9. The first-order valence-electron chi connectivity index (χ1n) is 3.91. The van der Waals surface area contributed by atoms with Crippen molar-refractivity contribution >= 4 is 27.3 Å². The van der Waals surface area contributed by atoms with Crippen molar-refractivity contribution in [3.05, 3.63) is 22.7 Å². The van der Waals surface area contributed by atoms with Crippen molar-refractivity contribution in [2.75, 3.05) is 11.1 Å². The van der Waals surface area contributed by atoms with Gasteiger partial charge in [0.2, 0.25) is 0 Å². The molecular formula is C9H13BrN2. The molecule has 0 unspecified atom stereocenters. The van der Waals surface area contributed by atoms with Crippen LogP contribution in [0.15, 0.2) is 22.7 Å². The van der Waals surface area contributed by atoms with Crippen molar-refractivity contribution < 1.29 is 0 Å². The number of nitrogens with one attached hydrogen (secondary N) is 1. The highest BCUT2D eigenvalue weighted by molar-refractivity contribution is 9.10. The van der Waals surface area contributed by atoms with Gasteiger partial charge in [-0.15, -0.1) is 0 Å². The summed E-state index contributed by atoms with van der Waals surface area (Å²) in [5.74, 6) is 0. The lowest BCUT2D eigenvalue weighted by Crippen LogP contribution is -2.11. The van der Waals surface area contributed by atoms with E-state index < -0.39 is 0 Å². The second kappa shape index (κ2) is 3.81. The molecule has 1 aromatic rings. The zero-order valence-corrected chi connectivity index (χ0v) is 8.85. The molecular weight excluding hydrogens is 216 g/mol. The van der Waals surface area contributed by atoms with E-state index >= 15 is 0 Å². The van der Waals surface area contributed by atoms with Gasteiger partial charge in [0, 0.05) is 10.5 Å². The lowest BCUT2D eigenvalue weighted by molar-refractivity contribution is 0.900. The van der Waals surface area contributed by atoms with Crippen LogP contribution in [-0.2, 0) is 0 Å². The van der Waals surface area contributed by atoms with Gasteiger partial charge in [0.1, 0.15) is 0 Å². The highest BCUT2D eigenvalue weighted by Gasteiger charge is 2.00. The van der Waals surface area contributed by atoms with Crippen LogP contribution in [0.4, 0.5) is 11.4 Å². The van der Waals surface area contributed by atoms with Crippen LogP contribution in [0.25, 0.3) is 0 Å². The number of hydrogen-bond acceptors (Lipinski definition) is 2. The molecule has 0 bridgehead atoms. The summed E-state index contributed by atoms with van der Waals surface area (Å²) in [6.07, 6.45) is 0. The number of anilines is 2. The minimum absolute atomic E-state index is 0.404. The van der Waals surface area contributed by atoms with Crippen LogP contribution < -0.4 is 11.1 Å². The largest absolute Gasteiger partial charge is 0.397 e. The van der Waals surface area contributed by atoms with Gasteiger partial charge in [0.15, 0.2) is 0 Å². The minimum atomic E-state index is 0.404. The maximum absolute atomic E-state index is 5.75. The molecule has 0 saturated heterocycles. The number of nitrogen functional groups attached to an aromatic ring is 1. The second-order valence-electron chi connectivity index (χ2n) is 3.03. The van der Waals surface area contributed by atoms with Gasteiger partial charge in [0.05, 0.1) is 11.4 Å². The Kier molecular flexibility index (Phi) is 2.98. The van der Waals surface area contributed by atoms with E-state index in [0.717, 1.165) is 15.8 Å². The van der Waals surface area contributed by atoms with Crippen LogP contribution in [0.2, 0.25) is 0 Å². The predicted molar refractivity (Wildman–Crippen MR) is 57.3 cm³/mol. The van der Waals surface area contributed by atoms with Gasteiger partial charge in [-0.05, 0) is 32.0 Å². The normalized spacial score (nSPS) is 10.3. The van der Waals surface area contributed by atoms with Gasteiger partial charge in [-0.25, -0.2) is 0 Å². The van der Waals surface area contributed by atoms with Gasteiger partial charge >= 0.3 is 0 Å². The molecule has 0 radical (unpaired) electrons. The number of nitrogens with two attached hydrogens (primary N) is 1. The Balaban J connectivity index is 2.90. The zero-order valence-electron chi connectivity index (χ0n) is 7.26. The van der Waals surface area contributed by atoms with E-state index in [2.05, 4.69) is 35.1 Å². The molecule has 3 N–H and O–H groups in total. The fraction of sp³-hybridized carbons (Fsp3) is 0.333. The molecule has 0 amide bonds. The van der Waals surface area contributed by atoms with Crippen molar-refractivity contribution in [2.24, 2.45) is 0 Å². The molecule has 0 aliphatic heterocycles. The molecule has 0 aromatic heterocycles. The average molecular weight is 229 g/mol. The average Bonchev–Trinajstić information content (AvgIpc) is 1.96. The van der Waals surface area contributed by atoms with Crippen LogP contribution in [0, 0.1) is 0 Å². The van der Waals surface area contributed by atoms with E-state index in [9.17, 15) is 0 Å². The van der Waals surface area contributed by atoms with Gasteiger partial charge in [-0.3, -0.25) is 0 Å². The fourth-order valence-electron chi connectivity index (χ4n) is 0.965. The quantitative estimate of drug-likeness (QED) is 0.765. The van der Waals surface area contributed by atoms with E-state index in [0.29, 0.717) is 6.04 Å². The van der Waals surface area contributed by atoms with Crippen molar-refractivity contribution in [3.63, 3.8) is 0 Å². The molecule has 0 heterocycles. The lowest BCUT2D eigenvalue weighted by atomic mass is 10.2. The van der Waals surface area contributed by atoms with Crippen molar-refractivity contribution in [2.45, 2.75) is 19.9 Å². The first kappa shape index (κ1) is 9.39. The topological polar surface area (TPSA) is 38.0 Å². The summed E-state index contributed by atoms with van der Waals surface area (Å²) in [6, 6.07) is 6.20. The Hall–Kier alpha value is -0.700. The summed E-state index contributed by atoms with van der Waals surface area (Å²) in [4.78, 5) is 0. The molecule has 3 heteroatoms. The van der Waals surface area contributed by atoms with Crippen LogP contribution >= 0.6 is 15.9 Å². The summed E-state index contributed by atoms with van der Waals surface area (Å²) in [5, 5.41) is 3.26. The Labute approximate surface area is 81.3 Å². The Bertz CT molecular complexity index is 271. The first-order chi connectivity index (χ1) is 5.59. The number of halogens is 1. The summed E-state index contributed by atoms with van der Waals surface area (Å²) < 4.78 is 1.04. The van der Waals surface area contributed by atoms with Crippen LogP contribution in [0.3, 0.4) is 0 Å². The third kappa shape index (κ3) is 2.41. The predicted octanol–water partition coefficient (Wildman–Crippen LogP) is 2.85. The molecule has 2 nitrogen and oxygen atoms in total. The smallest absolute Gasteiger partial charge is 0.0587 e. The number of benzene rings is 1. The maximum Gasteiger partial charge on any atom is 0.0587 e. The molecule has 66 valence electrons. The maximum atomic E-state index is 5.75. The zero-order chi connectivity index (χ0) is 9.14. The van der Waals surface area contributed by atoms with E-state index in [1.165, 1.54) is 0 Å². The molecule has 0 fully saturated rings. The molecule has 0 spiro atoms. The first-order valence-corrected chi connectivity index (χ1v) is 4.70. The second-order valence-corrected chi connectivity index (χ2v) is 3.95. The van der Waals surface area contributed by atoms with E-state index in [1.807, 2.05) is 18.2 Å². The third-order valence-electron chi connectivity index (χ3n) is 1.46. The van der Waals surface area contributed by atoms with E-state index in [4.69, 9.17) is 5.73 Å². The fourth-order valence-corrected chi connectivity index (χ4v) is 1.33. The Morgan fingerprint density at radius 3 is 2.67 bits per heavy atom. The lowest BCUT2D eigenvalue weighted by Gasteiger charge is -2.12. The molecule has 12 heavy (non-hydrogen) atoms. The van der Waals surface area contributed by atoms with Crippen LogP contribution in [-0.4, -0.2) is 6.04 Å². The number of hydrogen-bond donors (Lipinski definition) is 2. The van der Waals surface area contributed by atoms with Crippen molar-refractivity contribution in [1.82, 2.24) is 0 Å². The Morgan fingerprint density at radius 1 is 1.42 bits per heavy atom. The summed E-state index contributed by atoms with van der Waals surface area (Å²) in [7, 11) is 0. The van der Waals surface area contributed by atoms with Crippen LogP contribution in [0.5, 0.6) is 0 Å². The Morgan fingerprint density at radius 2 is 2.08 bits per heavy atom. The molecule has 1 aromatic carbocycles. The van der Waals surface area contributed by atoms with E-state index in [1.54, 1.807) is 0 Å². The molecule has 0 aliphatic carbocycles. The van der Waals surface area contributed by atoms with Crippen molar-refractivity contribution in [3.8, 4) is 0 Å². The molecule has 1 rings (SSSR count). The minimum Gasteiger partial charge on any atom is -0.397 e. The number of rotatable bonds is 2. The van der Waals surface area contributed by atoms with Gasteiger partial charge < -0.3 is 11.1 Å². The van der Waals surface area contributed by atoms with Gasteiger partial charge in [-0.1, -0.05) is 15.9 Å². The molecule has 0 saturated carbocycles.